The quantitative estimate of drug-likeness (QED) is 0.562. The molecule has 2 aromatic carbocycles. The Labute approximate surface area is 92.7 Å². The van der Waals surface area contributed by atoms with E-state index in [2.05, 4.69) is 6.07 Å². The summed E-state index contributed by atoms with van der Waals surface area (Å²) < 4.78 is 5.78. The molecule has 76 valence electrons. The van der Waals surface area contributed by atoms with Crippen LogP contribution in [0.2, 0.25) is 0 Å². The van der Waals surface area contributed by atoms with E-state index >= 15 is 0 Å². The first-order chi connectivity index (χ1) is 7.81. The third-order valence-corrected chi connectivity index (χ3v) is 2.84. The molecule has 1 heterocycles. The van der Waals surface area contributed by atoms with Crippen LogP contribution in [0.15, 0.2) is 40.8 Å². The van der Waals surface area contributed by atoms with E-state index in [0.717, 1.165) is 21.9 Å². The van der Waals surface area contributed by atoms with Gasteiger partial charge in [0.2, 0.25) is 0 Å². The van der Waals surface area contributed by atoms with Gasteiger partial charge >= 0.3 is 0 Å². The normalized spacial score (nSPS) is 10.8. The molecule has 0 atom stereocenters. The van der Waals surface area contributed by atoms with E-state index in [1.54, 1.807) is 6.07 Å². The Morgan fingerprint density at radius 3 is 2.44 bits per heavy atom. The average molecular weight is 207 g/mol. The number of hydrogen-bond acceptors (Lipinski definition) is 2. The largest absolute Gasteiger partial charge is 0.454 e. The van der Waals surface area contributed by atoms with Gasteiger partial charge < -0.3 is 4.42 Å². The van der Waals surface area contributed by atoms with E-state index in [0.29, 0.717) is 11.1 Å². The molecule has 0 unspecified atom stereocenters. The Morgan fingerprint density at radius 1 is 1.00 bits per heavy atom. The first-order valence-electron chi connectivity index (χ1n) is 5.12. The van der Waals surface area contributed by atoms with Crippen molar-refractivity contribution in [1.29, 1.82) is 5.26 Å². The third kappa shape index (κ3) is 1.06. The summed E-state index contributed by atoms with van der Waals surface area (Å²) in [4.78, 5) is 0. The van der Waals surface area contributed by atoms with Crippen molar-refractivity contribution < 1.29 is 4.42 Å². The lowest BCUT2D eigenvalue weighted by molar-refractivity contribution is 0.664. The van der Waals surface area contributed by atoms with Crippen molar-refractivity contribution in [2.24, 2.45) is 0 Å². The third-order valence-electron chi connectivity index (χ3n) is 2.84. The maximum atomic E-state index is 9.02. The fraction of sp³-hybridized carbons (Fsp3) is 0.0714. The van der Waals surface area contributed by atoms with Gasteiger partial charge in [0.25, 0.3) is 0 Å². The first kappa shape index (κ1) is 8.99. The molecule has 2 heteroatoms. The van der Waals surface area contributed by atoms with Crippen LogP contribution < -0.4 is 0 Å². The minimum Gasteiger partial charge on any atom is -0.454 e. The number of fused-ring (bicyclic) bond motifs is 3. The van der Waals surface area contributed by atoms with Gasteiger partial charge in [-0.1, -0.05) is 30.3 Å². The Bertz CT molecular complexity index is 731. The lowest BCUT2D eigenvalue weighted by Gasteiger charge is -1.91. The summed E-state index contributed by atoms with van der Waals surface area (Å²) in [6.45, 7) is 2.01. The van der Waals surface area contributed by atoms with Gasteiger partial charge in [-0.25, -0.2) is 0 Å². The van der Waals surface area contributed by atoms with Gasteiger partial charge in [-0.2, -0.15) is 5.26 Å². The van der Waals surface area contributed by atoms with E-state index in [1.807, 2.05) is 37.3 Å². The molecule has 0 bridgehead atoms. The zero-order chi connectivity index (χ0) is 11.1. The Morgan fingerprint density at radius 2 is 1.69 bits per heavy atom. The summed E-state index contributed by atoms with van der Waals surface area (Å²) in [7, 11) is 0. The van der Waals surface area contributed by atoms with Crippen molar-refractivity contribution >= 4 is 21.9 Å². The fourth-order valence-electron chi connectivity index (χ4n) is 2.05. The Kier molecular flexibility index (Phi) is 1.75. The number of hydrogen-bond donors (Lipinski definition) is 0. The number of benzene rings is 2. The molecule has 0 fully saturated rings. The lowest BCUT2D eigenvalue weighted by Crippen LogP contribution is -1.73. The van der Waals surface area contributed by atoms with Crippen molar-refractivity contribution in [2.45, 2.75) is 6.92 Å². The van der Waals surface area contributed by atoms with Crippen LogP contribution in [0.3, 0.4) is 0 Å². The minimum atomic E-state index is 0.591. The summed E-state index contributed by atoms with van der Waals surface area (Å²) in [5, 5.41) is 11.1. The fourth-order valence-corrected chi connectivity index (χ4v) is 2.05. The molecule has 3 aromatic rings. The molecular formula is C14H9NO. The lowest BCUT2D eigenvalue weighted by atomic mass is 10.1. The highest BCUT2D eigenvalue weighted by Gasteiger charge is 2.10. The topological polar surface area (TPSA) is 36.9 Å². The SMILES string of the molecule is Cc1cccc2c1oc1c(C#N)cccc12. The smallest absolute Gasteiger partial charge is 0.153 e. The number of nitriles is 1. The zero-order valence-corrected chi connectivity index (χ0v) is 8.82. The molecule has 0 saturated carbocycles. The summed E-state index contributed by atoms with van der Waals surface area (Å²) in [6.07, 6.45) is 0. The molecule has 1 aromatic heterocycles. The van der Waals surface area contributed by atoms with Gasteiger partial charge in [0.1, 0.15) is 11.7 Å². The molecule has 0 aliphatic carbocycles. The van der Waals surface area contributed by atoms with Gasteiger partial charge in [-0.15, -0.1) is 0 Å². The molecule has 2 nitrogen and oxygen atoms in total. The second-order valence-electron chi connectivity index (χ2n) is 3.85. The van der Waals surface area contributed by atoms with Gasteiger partial charge in [0.05, 0.1) is 5.56 Å². The number of aryl methyl sites for hydroxylation is 1. The molecule has 16 heavy (non-hydrogen) atoms. The number of furan rings is 1. The Balaban J connectivity index is 2.61. The monoisotopic (exact) mass is 207 g/mol. The summed E-state index contributed by atoms with van der Waals surface area (Å²) in [6, 6.07) is 13.8. The summed E-state index contributed by atoms with van der Waals surface area (Å²) >= 11 is 0. The maximum absolute atomic E-state index is 9.02. The second kappa shape index (κ2) is 3.11. The van der Waals surface area contributed by atoms with Crippen LogP contribution >= 0.6 is 0 Å². The minimum absolute atomic E-state index is 0.591. The van der Waals surface area contributed by atoms with Crippen molar-refractivity contribution in [3.63, 3.8) is 0 Å². The molecule has 0 spiro atoms. The molecule has 0 saturated heterocycles. The predicted octanol–water partition coefficient (Wildman–Crippen LogP) is 3.77. The van der Waals surface area contributed by atoms with Gasteiger partial charge in [-0.05, 0) is 18.6 Å². The van der Waals surface area contributed by atoms with Crippen molar-refractivity contribution in [3.05, 3.63) is 47.5 Å². The highest BCUT2D eigenvalue weighted by molar-refractivity contribution is 6.07. The van der Waals surface area contributed by atoms with Crippen LogP contribution in [0.1, 0.15) is 11.1 Å². The second-order valence-corrected chi connectivity index (χ2v) is 3.85. The van der Waals surface area contributed by atoms with E-state index in [-0.39, 0.29) is 0 Å². The van der Waals surface area contributed by atoms with Crippen LogP contribution in [0.25, 0.3) is 21.9 Å². The molecule has 0 aliphatic rings. The highest BCUT2D eigenvalue weighted by Crippen LogP contribution is 2.32. The van der Waals surface area contributed by atoms with Crippen molar-refractivity contribution in [2.75, 3.05) is 0 Å². The molecule has 3 rings (SSSR count). The zero-order valence-electron chi connectivity index (χ0n) is 8.82. The summed E-state index contributed by atoms with van der Waals surface area (Å²) in [5.74, 6) is 0. The highest BCUT2D eigenvalue weighted by atomic mass is 16.3. The van der Waals surface area contributed by atoms with E-state index in [9.17, 15) is 0 Å². The summed E-state index contributed by atoms with van der Waals surface area (Å²) in [5.41, 5.74) is 3.25. The van der Waals surface area contributed by atoms with Crippen molar-refractivity contribution in [3.8, 4) is 6.07 Å². The molecule has 0 radical (unpaired) electrons. The van der Waals surface area contributed by atoms with E-state index in [4.69, 9.17) is 9.68 Å². The molecule has 0 aliphatic heterocycles. The number of rotatable bonds is 0. The van der Waals surface area contributed by atoms with Gasteiger partial charge in [0.15, 0.2) is 5.58 Å². The molecular weight excluding hydrogens is 198 g/mol. The Hall–Kier alpha value is -2.27. The molecule has 0 N–H and O–H groups in total. The van der Waals surface area contributed by atoms with Crippen LogP contribution in [0.4, 0.5) is 0 Å². The number of nitrogens with zero attached hydrogens (tertiary/aromatic N) is 1. The van der Waals surface area contributed by atoms with Gasteiger partial charge in [0, 0.05) is 10.8 Å². The van der Waals surface area contributed by atoms with Crippen LogP contribution in [0.5, 0.6) is 0 Å². The van der Waals surface area contributed by atoms with Crippen LogP contribution in [0, 0.1) is 18.3 Å². The average Bonchev–Trinajstić information content (AvgIpc) is 2.69. The maximum Gasteiger partial charge on any atom is 0.153 e. The van der Waals surface area contributed by atoms with Crippen molar-refractivity contribution in [1.82, 2.24) is 0 Å². The van der Waals surface area contributed by atoms with E-state index < -0.39 is 0 Å². The predicted molar refractivity (Wildman–Crippen MR) is 63.2 cm³/mol. The first-order valence-corrected chi connectivity index (χ1v) is 5.12. The van der Waals surface area contributed by atoms with Gasteiger partial charge in [-0.3, -0.25) is 0 Å². The van der Waals surface area contributed by atoms with Crippen LogP contribution in [-0.2, 0) is 0 Å². The molecule has 0 amide bonds. The standard InChI is InChI=1S/C14H9NO/c1-9-4-2-6-11-12-7-3-5-10(8-15)14(12)16-13(9)11/h2-7H,1H3. The van der Waals surface area contributed by atoms with E-state index in [1.165, 1.54) is 0 Å². The number of para-hydroxylation sites is 2. The van der Waals surface area contributed by atoms with Crippen LogP contribution in [-0.4, -0.2) is 0 Å².